The Labute approximate surface area is 125 Å². The van der Waals surface area contributed by atoms with Crippen LogP contribution in [-0.4, -0.2) is 58.1 Å². The van der Waals surface area contributed by atoms with E-state index in [0.717, 1.165) is 0 Å². The van der Waals surface area contributed by atoms with Crippen molar-refractivity contribution in [2.24, 2.45) is 10.4 Å². The van der Waals surface area contributed by atoms with Gasteiger partial charge >= 0.3 is 6.03 Å². The zero-order chi connectivity index (χ0) is 15.2. The molecule has 0 aromatic carbocycles. The maximum Gasteiger partial charge on any atom is 0.325 e. The summed E-state index contributed by atoms with van der Waals surface area (Å²) >= 11 is 3.27. The third kappa shape index (κ3) is 2.44. The molecule has 0 aliphatic carbocycles. The van der Waals surface area contributed by atoms with Crippen LogP contribution < -0.4 is 5.32 Å². The number of aliphatic imine (C=N–C) groups is 1. The molecule has 1 N–H and O–H groups in total. The summed E-state index contributed by atoms with van der Waals surface area (Å²) in [6.45, 7) is 5.55. The smallest absolute Gasteiger partial charge is 0.325 e. The van der Waals surface area contributed by atoms with Crippen LogP contribution in [0.1, 0.15) is 20.8 Å². The largest absolute Gasteiger partial charge is 0.328 e. The van der Waals surface area contributed by atoms with Crippen molar-refractivity contribution in [2.75, 3.05) is 13.6 Å². The number of ketones is 1. The number of rotatable bonds is 2. The fourth-order valence-corrected chi connectivity index (χ4v) is 2.60. The molecule has 2 unspecified atom stereocenters. The molecule has 2 rings (SSSR count). The lowest BCUT2D eigenvalue weighted by Gasteiger charge is -2.36. The van der Waals surface area contributed by atoms with Crippen LogP contribution in [0.2, 0.25) is 0 Å². The highest BCUT2D eigenvalue weighted by molar-refractivity contribution is 9.18. The van der Waals surface area contributed by atoms with Gasteiger partial charge in [0, 0.05) is 12.5 Å². The molecular weight excluding hydrogens is 328 g/mol. The SMILES string of the molecule is CN1C(=O)NC(=O)C2C1N=C(Br)N2CC(=O)C(C)(C)C. The molecule has 1 saturated heterocycles. The van der Waals surface area contributed by atoms with Gasteiger partial charge in [0.1, 0.15) is 0 Å². The minimum Gasteiger partial charge on any atom is -0.328 e. The maximum atomic E-state index is 12.2. The molecular formula is C12H17BrN4O3. The molecule has 0 radical (unpaired) electrons. The molecule has 1 fully saturated rings. The van der Waals surface area contributed by atoms with Gasteiger partial charge in [-0.2, -0.15) is 0 Å². The zero-order valence-corrected chi connectivity index (χ0v) is 13.4. The minimum atomic E-state index is -0.668. The van der Waals surface area contributed by atoms with Crippen LogP contribution >= 0.6 is 15.9 Å². The number of halogens is 1. The van der Waals surface area contributed by atoms with Crippen LogP contribution in [0, 0.1) is 5.41 Å². The number of amidine groups is 1. The number of fused-ring (bicyclic) bond motifs is 1. The highest BCUT2D eigenvalue weighted by Crippen LogP contribution is 2.27. The average molecular weight is 345 g/mol. The molecule has 2 atom stereocenters. The second-order valence-electron chi connectivity index (χ2n) is 5.96. The lowest BCUT2D eigenvalue weighted by atomic mass is 9.90. The van der Waals surface area contributed by atoms with E-state index in [9.17, 15) is 14.4 Å². The Hall–Kier alpha value is -1.44. The number of urea groups is 1. The summed E-state index contributed by atoms with van der Waals surface area (Å²) in [6.07, 6.45) is -0.599. The van der Waals surface area contributed by atoms with E-state index in [-0.39, 0.29) is 12.3 Å². The number of imide groups is 1. The van der Waals surface area contributed by atoms with Gasteiger partial charge < -0.3 is 9.80 Å². The number of hydrogen-bond donors (Lipinski definition) is 1. The summed E-state index contributed by atoms with van der Waals surface area (Å²) in [7, 11) is 1.57. The number of amides is 3. The Balaban J connectivity index is 2.24. The second-order valence-corrected chi connectivity index (χ2v) is 6.67. The summed E-state index contributed by atoms with van der Waals surface area (Å²) in [5, 5.41) is 2.26. The molecule has 20 heavy (non-hydrogen) atoms. The number of carbonyl (C=O) groups excluding carboxylic acids is 3. The molecule has 0 bridgehead atoms. The molecule has 0 aromatic rings. The first kappa shape index (κ1) is 15.0. The Kier molecular flexibility index (Phi) is 3.62. The van der Waals surface area contributed by atoms with E-state index in [4.69, 9.17) is 0 Å². The van der Waals surface area contributed by atoms with Gasteiger partial charge in [-0.25, -0.2) is 9.79 Å². The van der Waals surface area contributed by atoms with Crippen LogP contribution in [0.25, 0.3) is 0 Å². The second kappa shape index (κ2) is 4.83. The van der Waals surface area contributed by atoms with E-state index in [0.29, 0.717) is 4.74 Å². The number of hydrogen-bond acceptors (Lipinski definition) is 5. The fourth-order valence-electron chi connectivity index (χ4n) is 2.05. The van der Waals surface area contributed by atoms with Gasteiger partial charge in [0.2, 0.25) is 0 Å². The zero-order valence-electron chi connectivity index (χ0n) is 11.8. The van der Waals surface area contributed by atoms with Gasteiger partial charge in [-0.05, 0) is 15.9 Å². The van der Waals surface area contributed by atoms with Gasteiger partial charge in [-0.1, -0.05) is 20.8 Å². The molecule has 2 aliphatic heterocycles. The Bertz CT molecular complexity index is 511. The monoisotopic (exact) mass is 344 g/mol. The average Bonchev–Trinajstić information content (AvgIpc) is 2.63. The number of nitrogens with one attached hydrogen (secondary N) is 1. The maximum absolute atomic E-state index is 12.2. The quantitative estimate of drug-likeness (QED) is 0.741. The number of nitrogens with zero attached hydrogens (tertiary/aromatic N) is 3. The molecule has 7 nitrogen and oxygen atoms in total. The van der Waals surface area contributed by atoms with E-state index >= 15 is 0 Å². The van der Waals surface area contributed by atoms with E-state index < -0.39 is 29.6 Å². The Morgan fingerprint density at radius 2 is 2.00 bits per heavy atom. The summed E-state index contributed by atoms with van der Waals surface area (Å²) in [5.74, 6) is -0.435. The topological polar surface area (TPSA) is 82.1 Å². The first-order valence-electron chi connectivity index (χ1n) is 6.24. The normalized spacial score (nSPS) is 26.4. The van der Waals surface area contributed by atoms with Crippen molar-refractivity contribution in [3.05, 3.63) is 0 Å². The summed E-state index contributed by atoms with van der Waals surface area (Å²) in [6, 6.07) is -1.15. The third-order valence-electron chi connectivity index (χ3n) is 3.46. The minimum absolute atomic E-state index is 0.00217. The van der Waals surface area contributed by atoms with E-state index in [2.05, 4.69) is 26.2 Å². The van der Waals surface area contributed by atoms with E-state index in [1.54, 1.807) is 11.9 Å². The van der Waals surface area contributed by atoms with Crippen LogP contribution in [-0.2, 0) is 9.59 Å². The number of likely N-dealkylation sites (N-methyl/N-ethyl adjacent to an activating group) is 1. The highest BCUT2D eigenvalue weighted by atomic mass is 79.9. The highest BCUT2D eigenvalue weighted by Gasteiger charge is 2.48. The molecule has 0 saturated carbocycles. The molecule has 8 heteroatoms. The Morgan fingerprint density at radius 1 is 1.40 bits per heavy atom. The van der Waals surface area contributed by atoms with Gasteiger partial charge in [0.05, 0.1) is 6.54 Å². The predicted molar refractivity (Wildman–Crippen MR) is 76.4 cm³/mol. The van der Waals surface area contributed by atoms with Crippen molar-refractivity contribution in [3.8, 4) is 0 Å². The lowest BCUT2D eigenvalue weighted by Crippen LogP contribution is -2.64. The first-order chi connectivity index (χ1) is 9.12. The molecule has 0 aromatic heterocycles. The van der Waals surface area contributed by atoms with E-state index in [1.807, 2.05) is 20.8 Å². The van der Waals surface area contributed by atoms with Crippen molar-refractivity contribution < 1.29 is 14.4 Å². The summed E-state index contributed by atoms with van der Waals surface area (Å²) in [5.41, 5.74) is -0.502. The van der Waals surface area contributed by atoms with Crippen LogP contribution in [0.3, 0.4) is 0 Å². The number of Topliss-reactive ketones (excluding diaryl/α,β-unsaturated/α-hetero) is 1. The van der Waals surface area contributed by atoms with Gasteiger partial charge in [0.25, 0.3) is 5.91 Å². The molecule has 0 spiro atoms. The van der Waals surface area contributed by atoms with Crippen molar-refractivity contribution in [1.82, 2.24) is 15.1 Å². The Morgan fingerprint density at radius 3 is 2.55 bits per heavy atom. The van der Waals surface area contributed by atoms with Crippen LogP contribution in [0.15, 0.2) is 4.99 Å². The predicted octanol–water partition coefficient (Wildman–Crippen LogP) is 0.544. The van der Waals surface area contributed by atoms with Gasteiger partial charge in [0.15, 0.2) is 22.7 Å². The number of carbonyl (C=O) groups is 3. The van der Waals surface area contributed by atoms with Gasteiger partial charge in [-0.3, -0.25) is 14.9 Å². The first-order valence-corrected chi connectivity index (χ1v) is 7.03. The molecule has 2 aliphatic rings. The fraction of sp³-hybridized carbons (Fsp3) is 0.667. The third-order valence-corrected chi connectivity index (χ3v) is 4.12. The van der Waals surface area contributed by atoms with Gasteiger partial charge in [-0.15, -0.1) is 0 Å². The lowest BCUT2D eigenvalue weighted by molar-refractivity contribution is -0.130. The molecule has 110 valence electrons. The summed E-state index contributed by atoms with van der Waals surface area (Å²) < 4.78 is 0.418. The van der Waals surface area contributed by atoms with E-state index in [1.165, 1.54) is 4.90 Å². The van der Waals surface area contributed by atoms with Crippen molar-refractivity contribution >= 4 is 38.4 Å². The summed E-state index contributed by atoms with van der Waals surface area (Å²) in [4.78, 5) is 43.0. The molecule has 2 heterocycles. The van der Waals surface area contributed by atoms with Crippen LogP contribution in [0.5, 0.6) is 0 Å². The van der Waals surface area contributed by atoms with Crippen molar-refractivity contribution in [1.29, 1.82) is 0 Å². The molecule has 3 amide bonds. The van der Waals surface area contributed by atoms with Crippen molar-refractivity contribution in [2.45, 2.75) is 33.0 Å². The standard InChI is InChI=1S/C12H17BrN4O3/c1-12(2,3)6(18)5-17-7-8(14-10(17)13)16(4)11(20)15-9(7)19/h7-8H,5H2,1-4H3,(H,15,19,20). The van der Waals surface area contributed by atoms with Crippen LogP contribution in [0.4, 0.5) is 4.79 Å². The van der Waals surface area contributed by atoms with Crippen molar-refractivity contribution in [3.63, 3.8) is 0 Å².